The van der Waals surface area contributed by atoms with Crippen molar-refractivity contribution in [3.8, 4) is 16.9 Å². The van der Waals surface area contributed by atoms with Crippen molar-refractivity contribution < 1.29 is 23.5 Å². The van der Waals surface area contributed by atoms with E-state index in [2.05, 4.69) is 45.6 Å². The predicted octanol–water partition coefficient (Wildman–Crippen LogP) is 7.82. The van der Waals surface area contributed by atoms with Gasteiger partial charge in [-0.15, -0.1) is 0 Å². The van der Waals surface area contributed by atoms with Crippen LogP contribution in [0.15, 0.2) is 42.5 Å². The smallest absolute Gasteiger partial charge is 0.410 e. The third-order valence-electron chi connectivity index (χ3n) is 10.4. The Balaban J connectivity index is 1.27. The summed E-state index contributed by atoms with van der Waals surface area (Å²) in [6.45, 7) is 15.5. The first kappa shape index (κ1) is 36.4. The number of fused-ring (bicyclic) bond motifs is 1. The molecule has 0 atom stereocenters. The minimum atomic E-state index is -0.577. The number of carbonyl (C=O) groups is 2. The monoisotopic (exact) mass is 722 g/mol. The largest absolute Gasteiger partial charge is 0.493 e. The standard InChI is InChI=1S/C42H51FN6O4/c1-8-35-32(14-11-26(2)44-35)33-21-31(40(50)47-18-16-46(17-19-47)39-37(52-7)23-34(43)27(3)45-39)20-30-22-36(49(38(30)33)24-28-12-13-28)29-10-9-15-48(25-29)41(51)53-42(4,5)6/h10-11,14,20-23,28H,8-9,12-13,15-19,24-25H2,1-7H3. The van der Waals surface area contributed by atoms with Crippen LogP contribution >= 0.6 is 0 Å². The minimum Gasteiger partial charge on any atom is -0.493 e. The lowest BCUT2D eigenvalue weighted by Crippen LogP contribution is -2.49. The maximum atomic E-state index is 14.4. The molecule has 3 aromatic heterocycles. The van der Waals surface area contributed by atoms with Gasteiger partial charge >= 0.3 is 6.09 Å². The SMILES string of the molecule is CCc1nc(C)ccc1-c1cc(C(=O)N2CCN(c3nc(C)c(F)cc3OC)CC2)cc2cc(C3=CCCN(C(=O)OC(C)(C)C)C3)n(CC3CC3)c12. The number of amides is 2. The normalized spacial score (nSPS) is 16.6. The zero-order valence-corrected chi connectivity index (χ0v) is 32.1. The molecule has 0 N–H and O–H groups in total. The fourth-order valence-electron chi connectivity index (χ4n) is 7.53. The lowest BCUT2D eigenvalue weighted by atomic mass is 9.96. The Morgan fingerprint density at radius 3 is 2.38 bits per heavy atom. The van der Waals surface area contributed by atoms with Crippen LogP contribution in [0.4, 0.5) is 15.0 Å². The summed E-state index contributed by atoms with van der Waals surface area (Å²) in [7, 11) is 1.52. The highest BCUT2D eigenvalue weighted by atomic mass is 19.1. The van der Waals surface area contributed by atoms with Crippen LogP contribution in [0.3, 0.4) is 0 Å². The fraction of sp³-hybridized carbons (Fsp3) is 0.476. The summed E-state index contributed by atoms with van der Waals surface area (Å²) in [5.41, 5.74) is 7.60. The van der Waals surface area contributed by atoms with E-state index in [1.54, 1.807) is 11.8 Å². The molecule has 0 spiro atoms. The Bertz CT molecular complexity index is 2090. The number of pyridine rings is 2. The Morgan fingerprint density at radius 1 is 0.943 bits per heavy atom. The Morgan fingerprint density at radius 2 is 1.70 bits per heavy atom. The average molecular weight is 723 g/mol. The molecule has 1 saturated carbocycles. The van der Waals surface area contributed by atoms with Crippen molar-refractivity contribution in [2.24, 2.45) is 5.92 Å². The zero-order chi connectivity index (χ0) is 37.6. The van der Waals surface area contributed by atoms with Crippen LogP contribution in [0.5, 0.6) is 5.75 Å². The first-order chi connectivity index (χ1) is 25.3. The third-order valence-corrected chi connectivity index (χ3v) is 10.4. The molecule has 5 heterocycles. The van der Waals surface area contributed by atoms with Gasteiger partial charge in [-0.2, -0.15) is 0 Å². The first-order valence-electron chi connectivity index (χ1n) is 18.9. The number of methoxy groups -OCH3 is 1. The van der Waals surface area contributed by atoms with E-state index in [0.717, 1.165) is 64.1 Å². The van der Waals surface area contributed by atoms with E-state index >= 15 is 0 Å². The number of aryl methyl sites for hydroxylation is 3. The Hall–Kier alpha value is -4.93. The van der Waals surface area contributed by atoms with Crippen molar-refractivity contribution in [2.45, 2.75) is 79.4 Å². The van der Waals surface area contributed by atoms with Gasteiger partial charge in [-0.1, -0.05) is 19.1 Å². The highest BCUT2D eigenvalue weighted by Gasteiger charge is 2.31. The van der Waals surface area contributed by atoms with Crippen LogP contribution in [-0.4, -0.2) is 88.3 Å². The summed E-state index contributed by atoms with van der Waals surface area (Å²) in [5.74, 6) is 1.12. The zero-order valence-electron chi connectivity index (χ0n) is 32.1. The Kier molecular flexibility index (Phi) is 9.95. The number of carbonyl (C=O) groups excluding carboxylic acids is 2. The van der Waals surface area contributed by atoms with Crippen LogP contribution in [0, 0.1) is 25.6 Å². The quantitative estimate of drug-likeness (QED) is 0.183. The summed E-state index contributed by atoms with van der Waals surface area (Å²) < 4.78 is 27.9. The van der Waals surface area contributed by atoms with Crippen LogP contribution in [0.25, 0.3) is 27.6 Å². The summed E-state index contributed by atoms with van der Waals surface area (Å²) >= 11 is 0. The van der Waals surface area contributed by atoms with Crippen LogP contribution in [-0.2, 0) is 17.7 Å². The topological polar surface area (TPSA) is 93.0 Å². The number of benzene rings is 1. The highest BCUT2D eigenvalue weighted by molar-refractivity contribution is 6.05. The summed E-state index contributed by atoms with van der Waals surface area (Å²) in [5, 5.41) is 0.994. The van der Waals surface area contributed by atoms with Gasteiger partial charge in [0.05, 0.1) is 24.9 Å². The highest BCUT2D eigenvalue weighted by Crippen LogP contribution is 2.41. The van der Waals surface area contributed by atoms with Gasteiger partial charge in [0.15, 0.2) is 11.6 Å². The van der Waals surface area contributed by atoms with Crippen LogP contribution in [0.1, 0.15) is 80.1 Å². The first-order valence-corrected chi connectivity index (χ1v) is 18.9. The lowest BCUT2D eigenvalue weighted by Gasteiger charge is -2.36. The second kappa shape index (κ2) is 14.5. The van der Waals surface area contributed by atoms with Crippen LogP contribution < -0.4 is 9.64 Å². The molecule has 1 saturated heterocycles. The van der Waals surface area contributed by atoms with Gasteiger partial charge in [-0.3, -0.25) is 9.78 Å². The van der Waals surface area contributed by atoms with Gasteiger partial charge in [0.1, 0.15) is 11.4 Å². The van der Waals surface area contributed by atoms with Gasteiger partial charge in [0.25, 0.3) is 5.91 Å². The molecule has 10 nitrogen and oxygen atoms in total. The molecule has 1 aliphatic carbocycles. The second-order valence-electron chi connectivity index (χ2n) is 15.6. The van der Waals surface area contributed by atoms with E-state index in [0.29, 0.717) is 68.0 Å². The molecule has 280 valence electrons. The number of nitrogens with zero attached hydrogens (tertiary/aromatic N) is 6. The molecular formula is C42H51FN6O4. The number of halogens is 1. The molecule has 3 aliphatic rings. The van der Waals surface area contributed by atoms with Crippen molar-refractivity contribution >= 4 is 34.3 Å². The molecule has 2 aliphatic heterocycles. The van der Waals surface area contributed by atoms with E-state index in [4.69, 9.17) is 14.5 Å². The number of aromatic nitrogens is 3. The van der Waals surface area contributed by atoms with E-state index in [9.17, 15) is 14.0 Å². The summed E-state index contributed by atoms with van der Waals surface area (Å²) in [6.07, 6.45) is 5.81. The number of anilines is 1. The van der Waals surface area contributed by atoms with E-state index in [1.807, 2.05) is 44.7 Å². The molecular weight excluding hydrogens is 671 g/mol. The van der Waals surface area contributed by atoms with Gasteiger partial charge in [-0.05, 0) is 96.1 Å². The molecule has 4 aromatic rings. The number of hydrogen-bond donors (Lipinski definition) is 0. The molecule has 2 amide bonds. The van der Waals surface area contributed by atoms with Crippen molar-refractivity contribution in [3.05, 3.63) is 76.6 Å². The molecule has 0 unspecified atom stereocenters. The number of rotatable bonds is 8. The van der Waals surface area contributed by atoms with Gasteiger partial charge in [-0.25, -0.2) is 14.2 Å². The molecule has 53 heavy (non-hydrogen) atoms. The molecule has 1 aromatic carbocycles. The Labute approximate surface area is 311 Å². The minimum absolute atomic E-state index is 0.0365. The van der Waals surface area contributed by atoms with E-state index in [1.165, 1.54) is 26.0 Å². The van der Waals surface area contributed by atoms with E-state index in [-0.39, 0.29) is 12.0 Å². The lowest BCUT2D eigenvalue weighted by molar-refractivity contribution is 0.0272. The third kappa shape index (κ3) is 7.61. The maximum absolute atomic E-state index is 14.4. The molecule has 7 rings (SSSR count). The molecule has 0 radical (unpaired) electrons. The average Bonchev–Trinajstić information content (AvgIpc) is 3.89. The van der Waals surface area contributed by atoms with Crippen LogP contribution in [0.2, 0.25) is 0 Å². The molecule has 11 heteroatoms. The van der Waals surface area contributed by atoms with Crippen molar-refractivity contribution in [2.75, 3.05) is 51.3 Å². The fourth-order valence-corrected chi connectivity index (χ4v) is 7.53. The molecule has 2 fully saturated rings. The summed E-state index contributed by atoms with van der Waals surface area (Å²) in [6, 6.07) is 11.9. The van der Waals surface area contributed by atoms with Crippen molar-refractivity contribution in [1.29, 1.82) is 0 Å². The number of piperazine rings is 1. The number of hydrogen-bond acceptors (Lipinski definition) is 7. The van der Waals surface area contributed by atoms with Gasteiger partial charge < -0.3 is 28.7 Å². The molecule has 0 bridgehead atoms. The maximum Gasteiger partial charge on any atom is 0.410 e. The van der Waals surface area contributed by atoms with Crippen molar-refractivity contribution in [3.63, 3.8) is 0 Å². The van der Waals surface area contributed by atoms with Gasteiger partial charge in [0, 0.05) is 84.5 Å². The number of ether oxygens (including phenoxy) is 2. The second-order valence-corrected chi connectivity index (χ2v) is 15.6. The van der Waals surface area contributed by atoms with E-state index < -0.39 is 11.4 Å². The predicted molar refractivity (Wildman–Crippen MR) is 206 cm³/mol. The summed E-state index contributed by atoms with van der Waals surface area (Å²) in [4.78, 5) is 42.8. The van der Waals surface area contributed by atoms with Gasteiger partial charge in [0.2, 0.25) is 0 Å². The van der Waals surface area contributed by atoms with Crippen molar-refractivity contribution in [1.82, 2.24) is 24.3 Å².